The molecular formula is C17H19N3O2. The Hall–Kier alpha value is -2.43. The van der Waals surface area contributed by atoms with E-state index < -0.39 is 12.0 Å². The normalized spacial score (nSPS) is 18.2. The van der Waals surface area contributed by atoms with Gasteiger partial charge in [0, 0.05) is 18.2 Å². The highest BCUT2D eigenvalue weighted by Gasteiger charge is 2.29. The Balaban J connectivity index is 2.00. The topological polar surface area (TPSA) is 66.3 Å². The van der Waals surface area contributed by atoms with Gasteiger partial charge in [-0.3, -0.25) is 0 Å². The number of aliphatic carboxylic acids is 1. The molecule has 5 nitrogen and oxygen atoms in total. The Kier molecular flexibility index (Phi) is 4.04. The third-order valence-electron chi connectivity index (χ3n) is 3.98. The van der Waals surface area contributed by atoms with Crippen molar-refractivity contribution in [2.24, 2.45) is 0 Å². The van der Waals surface area contributed by atoms with Crippen LogP contribution in [0.1, 0.15) is 25.1 Å². The second-order valence-corrected chi connectivity index (χ2v) is 5.57. The lowest BCUT2D eigenvalue weighted by molar-refractivity contribution is -0.139. The van der Waals surface area contributed by atoms with Crippen LogP contribution in [0.25, 0.3) is 11.3 Å². The summed E-state index contributed by atoms with van der Waals surface area (Å²) in [6.07, 6.45) is 2.61. The predicted octanol–water partition coefficient (Wildman–Crippen LogP) is 2.90. The average molecular weight is 297 g/mol. The van der Waals surface area contributed by atoms with E-state index in [1.807, 2.05) is 48.2 Å². The second-order valence-electron chi connectivity index (χ2n) is 5.57. The largest absolute Gasteiger partial charge is 0.480 e. The average Bonchev–Trinajstić information content (AvgIpc) is 2.55. The molecule has 1 aliphatic heterocycles. The number of rotatable bonds is 3. The SMILES string of the molecule is Cc1nc(-c2ccccc2)cc(N2CCCCC2C(=O)O)n1. The summed E-state index contributed by atoms with van der Waals surface area (Å²) in [7, 11) is 0. The van der Waals surface area contributed by atoms with Crippen molar-refractivity contribution in [1.82, 2.24) is 9.97 Å². The lowest BCUT2D eigenvalue weighted by Gasteiger charge is -2.34. The number of carbonyl (C=O) groups is 1. The molecule has 0 amide bonds. The van der Waals surface area contributed by atoms with Gasteiger partial charge in [-0.2, -0.15) is 0 Å². The molecule has 1 aromatic heterocycles. The zero-order chi connectivity index (χ0) is 15.5. The lowest BCUT2D eigenvalue weighted by atomic mass is 10.0. The van der Waals surface area contributed by atoms with Gasteiger partial charge in [0.05, 0.1) is 5.69 Å². The highest BCUT2D eigenvalue weighted by Crippen LogP contribution is 2.27. The number of piperidine rings is 1. The van der Waals surface area contributed by atoms with E-state index in [9.17, 15) is 9.90 Å². The highest BCUT2D eigenvalue weighted by atomic mass is 16.4. The Morgan fingerprint density at radius 1 is 1.23 bits per heavy atom. The van der Waals surface area contributed by atoms with E-state index in [2.05, 4.69) is 9.97 Å². The molecule has 0 aliphatic carbocycles. The maximum absolute atomic E-state index is 11.5. The smallest absolute Gasteiger partial charge is 0.326 e. The van der Waals surface area contributed by atoms with Gasteiger partial charge in [0.2, 0.25) is 0 Å². The Morgan fingerprint density at radius 3 is 2.73 bits per heavy atom. The molecule has 2 aromatic rings. The van der Waals surface area contributed by atoms with Crippen LogP contribution in [0.4, 0.5) is 5.82 Å². The van der Waals surface area contributed by atoms with Gasteiger partial charge in [-0.15, -0.1) is 0 Å². The summed E-state index contributed by atoms with van der Waals surface area (Å²) in [6, 6.07) is 11.3. The van der Waals surface area contributed by atoms with Crippen LogP contribution in [0.2, 0.25) is 0 Å². The molecular weight excluding hydrogens is 278 g/mol. The first-order valence-corrected chi connectivity index (χ1v) is 7.56. The van der Waals surface area contributed by atoms with Crippen molar-refractivity contribution in [2.45, 2.75) is 32.2 Å². The van der Waals surface area contributed by atoms with E-state index in [0.29, 0.717) is 18.1 Å². The molecule has 1 aliphatic rings. The summed E-state index contributed by atoms with van der Waals surface area (Å²) in [5.41, 5.74) is 1.84. The minimum absolute atomic E-state index is 0.494. The molecule has 0 radical (unpaired) electrons. The molecule has 1 atom stereocenters. The molecule has 0 saturated carbocycles. The van der Waals surface area contributed by atoms with Crippen molar-refractivity contribution < 1.29 is 9.90 Å². The molecule has 114 valence electrons. The van der Waals surface area contributed by atoms with Crippen LogP contribution in [0, 0.1) is 6.92 Å². The van der Waals surface area contributed by atoms with E-state index in [4.69, 9.17) is 0 Å². The molecule has 1 fully saturated rings. The maximum Gasteiger partial charge on any atom is 0.326 e. The van der Waals surface area contributed by atoms with Gasteiger partial charge in [-0.05, 0) is 26.2 Å². The zero-order valence-corrected chi connectivity index (χ0v) is 12.6. The van der Waals surface area contributed by atoms with Crippen LogP contribution in [0.5, 0.6) is 0 Å². The maximum atomic E-state index is 11.5. The van der Waals surface area contributed by atoms with Crippen molar-refractivity contribution in [3.8, 4) is 11.3 Å². The predicted molar refractivity (Wildman–Crippen MR) is 84.8 cm³/mol. The van der Waals surface area contributed by atoms with Gasteiger partial charge < -0.3 is 10.0 Å². The summed E-state index contributed by atoms with van der Waals surface area (Å²) in [4.78, 5) is 22.3. The van der Waals surface area contributed by atoms with Gasteiger partial charge in [0.25, 0.3) is 0 Å². The second kappa shape index (κ2) is 6.13. The number of nitrogens with zero attached hydrogens (tertiary/aromatic N) is 3. The molecule has 22 heavy (non-hydrogen) atoms. The minimum Gasteiger partial charge on any atom is -0.480 e. The number of carboxylic acid groups (broad SMARTS) is 1. The van der Waals surface area contributed by atoms with Crippen LogP contribution in [0.3, 0.4) is 0 Å². The fourth-order valence-electron chi connectivity index (χ4n) is 2.92. The number of hydrogen-bond acceptors (Lipinski definition) is 4. The first kappa shape index (κ1) is 14.5. The third-order valence-corrected chi connectivity index (χ3v) is 3.98. The van der Waals surface area contributed by atoms with Crippen LogP contribution < -0.4 is 4.90 Å². The summed E-state index contributed by atoms with van der Waals surface area (Å²) in [5.74, 6) is 0.585. The number of anilines is 1. The van der Waals surface area contributed by atoms with Gasteiger partial charge in [0.15, 0.2) is 0 Å². The molecule has 5 heteroatoms. The van der Waals surface area contributed by atoms with Crippen molar-refractivity contribution in [2.75, 3.05) is 11.4 Å². The summed E-state index contributed by atoms with van der Waals surface area (Å²) in [6.45, 7) is 2.57. The summed E-state index contributed by atoms with van der Waals surface area (Å²) < 4.78 is 0. The van der Waals surface area contributed by atoms with Crippen LogP contribution in [0.15, 0.2) is 36.4 Å². The minimum atomic E-state index is -0.780. The fourth-order valence-corrected chi connectivity index (χ4v) is 2.92. The lowest BCUT2D eigenvalue weighted by Crippen LogP contribution is -2.45. The standard InChI is InChI=1S/C17H19N3O2/c1-12-18-14(13-7-3-2-4-8-13)11-16(19-12)20-10-6-5-9-15(20)17(21)22/h2-4,7-8,11,15H,5-6,9-10H2,1H3,(H,21,22). The van der Waals surface area contributed by atoms with Gasteiger partial charge >= 0.3 is 5.97 Å². The van der Waals surface area contributed by atoms with E-state index in [-0.39, 0.29) is 0 Å². The van der Waals surface area contributed by atoms with E-state index in [0.717, 1.165) is 30.6 Å². The van der Waals surface area contributed by atoms with E-state index in [1.165, 1.54) is 0 Å². The fraction of sp³-hybridized carbons (Fsp3) is 0.353. The van der Waals surface area contributed by atoms with Gasteiger partial charge in [0.1, 0.15) is 17.7 Å². The van der Waals surface area contributed by atoms with Crippen molar-refractivity contribution in [3.63, 3.8) is 0 Å². The van der Waals surface area contributed by atoms with Crippen LogP contribution >= 0.6 is 0 Å². The first-order chi connectivity index (χ1) is 10.6. The molecule has 2 heterocycles. The monoisotopic (exact) mass is 297 g/mol. The van der Waals surface area contributed by atoms with E-state index >= 15 is 0 Å². The Bertz CT molecular complexity index is 673. The van der Waals surface area contributed by atoms with E-state index in [1.54, 1.807) is 0 Å². The Morgan fingerprint density at radius 2 is 2.00 bits per heavy atom. The molecule has 3 rings (SSSR count). The molecule has 0 spiro atoms. The Labute approximate surface area is 129 Å². The first-order valence-electron chi connectivity index (χ1n) is 7.56. The molecule has 1 saturated heterocycles. The van der Waals surface area contributed by atoms with Crippen molar-refractivity contribution in [3.05, 3.63) is 42.2 Å². The summed E-state index contributed by atoms with van der Waals surface area (Å²) in [5, 5.41) is 9.44. The molecule has 1 unspecified atom stereocenters. The van der Waals surface area contributed by atoms with Gasteiger partial charge in [-0.1, -0.05) is 30.3 Å². The van der Waals surface area contributed by atoms with Crippen LogP contribution in [-0.2, 0) is 4.79 Å². The quantitative estimate of drug-likeness (QED) is 0.943. The van der Waals surface area contributed by atoms with Gasteiger partial charge in [-0.25, -0.2) is 14.8 Å². The molecule has 1 aromatic carbocycles. The van der Waals surface area contributed by atoms with Crippen molar-refractivity contribution in [1.29, 1.82) is 0 Å². The molecule has 0 bridgehead atoms. The number of benzene rings is 1. The molecule has 1 N–H and O–H groups in total. The number of hydrogen-bond donors (Lipinski definition) is 1. The number of aryl methyl sites for hydroxylation is 1. The van der Waals surface area contributed by atoms with Crippen molar-refractivity contribution >= 4 is 11.8 Å². The summed E-state index contributed by atoms with van der Waals surface area (Å²) >= 11 is 0. The zero-order valence-electron chi connectivity index (χ0n) is 12.6. The number of carboxylic acids is 1. The number of aromatic nitrogens is 2. The van der Waals surface area contributed by atoms with Crippen LogP contribution in [-0.4, -0.2) is 33.6 Å². The highest BCUT2D eigenvalue weighted by molar-refractivity contribution is 5.78. The third kappa shape index (κ3) is 2.93.